The Kier molecular flexibility index (Phi) is 4.40. The molecule has 0 spiro atoms. The molecule has 5 heteroatoms. The van der Waals surface area contributed by atoms with Gasteiger partial charge in [-0.3, -0.25) is 4.79 Å². The SMILES string of the molecule is CCC(C)(NC(=O)c1ccc(C)cc1F)C(N)=S. The average molecular weight is 268 g/mol. The van der Waals surface area contributed by atoms with Crippen molar-refractivity contribution in [2.24, 2.45) is 5.73 Å². The number of hydrogen-bond donors (Lipinski definition) is 2. The number of carbonyl (C=O) groups excluding carboxylic acids is 1. The number of halogens is 1. The fourth-order valence-electron chi connectivity index (χ4n) is 1.45. The van der Waals surface area contributed by atoms with Crippen molar-refractivity contribution in [1.82, 2.24) is 5.32 Å². The van der Waals surface area contributed by atoms with Gasteiger partial charge in [-0.1, -0.05) is 25.2 Å². The lowest BCUT2D eigenvalue weighted by Crippen LogP contribution is -2.54. The number of carbonyl (C=O) groups is 1. The van der Waals surface area contributed by atoms with Gasteiger partial charge >= 0.3 is 0 Å². The highest BCUT2D eigenvalue weighted by atomic mass is 32.1. The molecule has 1 aromatic carbocycles. The van der Waals surface area contributed by atoms with Gasteiger partial charge in [0.05, 0.1) is 16.1 Å². The van der Waals surface area contributed by atoms with Gasteiger partial charge in [0, 0.05) is 0 Å². The van der Waals surface area contributed by atoms with Crippen LogP contribution < -0.4 is 11.1 Å². The maximum absolute atomic E-state index is 13.7. The van der Waals surface area contributed by atoms with E-state index in [0.717, 1.165) is 5.56 Å². The number of thiocarbonyl (C=S) groups is 1. The molecule has 0 heterocycles. The van der Waals surface area contributed by atoms with Crippen molar-refractivity contribution in [2.45, 2.75) is 32.7 Å². The molecule has 1 unspecified atom stereocenters. The Labute approximate surface area is 112 Å². The first kappa shape index (κ1) is 14.6. The molecule has 18 heavy (non-hydrogen) atoms. The van der Waals surface area contributed by atoms with Crippen molar-refractivity contribution >= 4 is 23.1 Å². The summed E-state index contributed by atoms with van der Waals surface area (Å²) in [6.07, 6.45) is 0.543. The highest BCUT2D eigenvalue weighted by Crippen LogP contribution is 2.14. The number of rotatable bonds is 4. The summed E-state index contributed by atoms with van der Waals surface area (Å²) in [4.78, 5) is 12.2. The Bertz CT molecular complexity index is 490. The molecular formula is C13H17FN2OS. The van der Waals surface area contributed by atoms with Crippen molar-refractivity contribution < 1.29 is 9.18 Å². The van der Waals surface area contributed by atoms with Gasteiger partial charge in [-0.15, -0.1) is 0 Å². The summed E-state index contributed by atoms with van der Waals surface area (Å²) in [6, 6.07) is 4.46. The van der Waals surface area contributed by atoms with E-state index < -0.39 is 17.3 Å². The van der Waals surface area contributed by atoms with Crippen molar-refractivity contribution in [3.8, 4) is 0 Å². The molecule has 0 aliphatic carbocycles. The topological polar surface area (TPSA) is 55.1 Å². The van der Waals surface area contributed by atoms with Crippen molar-refractivity contribution in [3.05, 3.63) is 35.1 Å². The summed E-state index contributed by atoms with van der Waals surface area (Å²) >= 11 is 4.92. The van der Waals surface area contributed by atoms with Gasteiger partial charge in [0.25, 0.3) is 5.91 Å². The molecule has 0 bridgehead atoms. The van der Waals surface area contributed by atoms with Gasteiger partial charge in [0.2, 0.25) is 0 Å². The second-order valence-corrected chi connectivity index (χ2v) is 4.93. The smallest absolute Gasteiger partial charge is 0.255 e. The highest BCUT2D eigenvalue weighted by molar-refractivity contribution is 7.80. The number of hydrogen-bond acceptors (Lipinski definition) is 2. The molecule has 0 radical (unpaired) electrons. The summed E-state index contributed by atoms with van der Waals surface area (Å²) in [5.41, 5.74) is 5.55. The molecule has 0 saturated heterocycles. The van der Waals surface area contributed by atoms with Crippen LogP contribution in [0.1, 0.15) is 36.2 Å². The third-order valence-electron chi connectivity index (χ3n) is 3.01. The maximum Gasteiger partial charge on any atom is 0.255 e. The summed E-state index contributed by atoms with van der Waals surface area (Å²) in [5, 5.41) is 2.67. The fraction of sp³-hybridized carbons (Fsp3) is 0.385. The lowest BCUT2D eigenvalue weighted by atomic mass is 9.98. The molecule has 1 aromatic rings. The van der Waals surface area contributed by atoms with E-state index in [4.69, 9.17) is 18.0 Å². The highest BCUT2D eigenvalue weighted by Gasteiger charge is 2.28. The first-order valence-corrected chi connectivity index (χ1v) is 6.09. The van der Waals surface area contributed by atoms with Gasteiger partial charge < -0.3 is 11.1 Å². The van der Waals surface area contributed by atoms with E-state index in [1.807, 2.05) is 6.92 Å². The van der Waals surface area contributed by atoms with Gasteiger partial charge in [-0.05, 0) is 38.0 Å². The summed E-state index contributed by atoms with van der Waals surface area (Å²) < 4.78 is 13.7. The number of nitrogens with two attached hydrogens (primary N) is 1. The van der Waals surface area contributed by atoms with Crippen molar-refractivity contribution in [1.29, 1.82) is 0 Å². The predicted molar refractivity (Wildman–Crippen MR) is 74.1 cm³/mol. The number of nitrogens with one attached hydrogen (secondary N) is 1. The van der Waals surface area contributed by atoms with E-state index in [0.29, 0.717) is 6.42 Å². The zero-order valence-electron chi connectivity index (χ0n) is 10.7. The molecule has 0 aliphatic rings. The lowest BCUT2D eigenvalue weighted by molar-refractivity contribution is 0.0922. The van der Waals surface area contributed by atoms with Crippen LogP contribution in [0.25, 0.3) is 0 Å². The molecule has 1 atom stereocenters. The molecule has 0 aromatic heterocycles. The first-order chi connectivity index (χ1) is 8.30. The van der Waals surface area contributed by atoms with Crippen LogP contribution in [0, 0.1) is 12.7 Å². The van der Waals surface area contributed by atoms with Crippen LogP contribution in [0.2, 0.25) is 0 Å². The molecule has 0 aliphatic heterocycles. The van der Waals surface area contributed by atoms with E-state index in [1.54, 1.807) is 19.9 Å². The van der Waals surface area contributed by atoms with E-state index in [2.05, 4.69) is 5.32 Å². The minimum atomic E-state index is -0.802. The summed E-state index contributed by atoms with van der Waals surface area (Å²) in [6.45, 7) is 5.33. The number of aryl methyl sites for hydroxylation is 1. The lowest BCUT2D eigenvalue weighted by Gasteiger charge is -2.28. The number of benzene rings is 1. The van der Waals surface area contributed by atoms with Crippen LogP contribution >= 0.6 is 12.2 Å². The van der Waals surface area contributed by atoms with Crippen molar-refractivity contribution in [3.63, 3.8) is 0 Å². The van der Waals surface area contributed by atoms with Gasteiger partial charge in [-0.25, -0.2) is 4.39 Å². The van der Waals surface area contributed by atoms with Crippen LogP contribution in [0.5, 0.6) is 0 Å². The molecule has 0 saturated carbocycles. The Hall–Kier alpha value is -1.49. The quantitative estimate of drug-likeness (QED) is 0.824. The second kappa shape index (κ2) is 5.44. The molecule has 0 fully saturated rings. The van der Waals surface area contributed by atoms with Gasteiger partial charge in [0.15, 0.2) is 0 Å². The van der Waals surface area contributed by atoms with E-state index in [1.165, 1.54) is 12.1 Å². The minimum absolute atomic E-state index is 0.00322. The minimum Gasteiger partial charge on any atom is -0.391 e. The summed E-state index contributed by atoms with van der Waals surface area (Å²) in [7, 11) is 0. The normalized spacial score (nSPS) is 13.8. The molecule has 1 rings (SSSR count). The van der Waals surface area contributed by atoms with E-state index in [-0.39, 0.29) is 10.6 Å². The Morgan fingerprint density at radius 2 is 2.17 bits per heavy atom. The largest absolute Gasteiger partial charge is 0.391 e. The predicted octanol–water partition coefficient (Wildman–Crippen LogP) is 2.32. The average Bonchev–Trinajstić information content (AvgIpc) is 2.28. The Morgan fingerprint density at radius 3 is 2.61 bits per heavy atom. The van der Waals surface area contributed by atoms with Crippen molar-refractivity contribution in [2.75, 3.05) is 0 Å². The fourth-order valence-corrected chi connectivity index (χ4v) is 1.64. The van der Waals surface area contributed by atoms with Crippen LogP contribution in [0.4, 0.5) is 4.39 Å². The third kappa shape index (κ3) is 3.04. The van der Waals surface area contributed by atoms with E-state index in [9.17, 15) is 9.18 Å². The molecule has 3 nitrogen and oxygen atoms in total. The van der Waals surface area contributed by atoms with Crippen LogP contribution in [0.15, 0.2) is 18.2 Å². The molecule has 1 amide bonds. The number of amides is 1. The zero-order valence-corrected chi connectivity index (χ0v) is 11.5. The second-order valence-electron chi connectivity index (χ2n) is 4.49. The molecular weight excluding hydrogens is 251 g/mol. The zero-order chi connectivity index (χ0) is 13.9. The molecule has 3 N–H and O–H groups in total. The third-order valence-corrected chi connectivity index (χ3v) is 3.46. The van der Waals surface area contributed by atoms with Crippen LogP contribution in [-0.4, -0.2) is 16.4 Å². The Morgan fingerprint density at radius 1 is 1.56 bits per heavy atom. The maximum atomic E-state index is 13.7. The monoisotopic (exact) mass is 268 g/mol. The van der Waals surface area contributed by atoms with Gasteiger partial charge in [0.1, 0.15) is 5.82 Å². The summed E-state index contributed by atoms with van der Waals surface area (Å²) in [5.74, 6) is -1.06. The van der Waals surface area contributed by atoms with Crippen LogP contribution in [-0.2, 0) is 0 Å². The molecule has 98 valence electrons. The first-order valence-electron chi connectivity index (χ1n) is 5.68. The Balaban J connectivity index is 2.98. The standard InChI is InChI=1S/C13H17FN2OS/c1-4-13(3,12(15)18)16-11(17)9-6-5-8(2)7-10(9)14/h5-7H,4H2,1-3H3,(H2,15,18)(H,16,17). The van der Waals surface area contributed by atoms with Crippen LogP contribution in [0.3, 0.4) is 0 Å². The van der Waals surface area contributed by atoms with Gasteiger partial charge in [-0.2, -0.15) is 0 Å². The van der Waals surface area contributed by atoms with E-state index >= 15 is 0 Å².